The molecule has 0 saturated heterocycles. The maximum atomic E-state index is 12.8. The Labute approximate surface area is 135 Å². The van der Waals surface area contributed by atoms with Crippen molar-refractivity contribution in [2.45, 2.75) is 25.7 Å². The van der Waals surface area contributed by atoms with Gasteiger partial charge >= 0.3 is 0 Å². The lowest BCUT2D eigenvalue weighted by Crippen LogP contribution is -2.29. The average Bonchev–Trinajstić information content (AvgIpc) is 3.01. The molecule has 0 heterocycles. The molecule has 1 amide bonds. The van der Waals surface area contributed by atoms with Crippen LogP contribution in [0.4, 0.5) is 4.39 Å². The monoisotopic (exact) mass is 313 g/mol. The van der Waals surface area contributed by atoms with Gasteiger partial charge in [-0.1, -0.05) is 18.2 Å². The summed E-state index contributed by atoms with van der Waals surface area (Å²) in [7, 11) is 0. The molecular formula is C19H20FNO2. The molecule has 1 aliphatic rings. The zero-order chi connectivity index (χ0) is 16.1. The van der Waals surface area contributed by atoms with Crippen LogP contribution in [0.2, 0.25) is 0 Å². The molecule has 3 rings (SSSR count). The van der Waals surface area contributed by atoms with E-state index >= 15 is 0 Å². The van der Waals surface area contributed by atoms with Gasteiger partial charge in [-0.15, -0.1) is 0 Å². The van der Waals surface area contributed by atoms with Crippen molar-refractivity contribution in [1.82, 2.24) is 5.32 Å². The minimum absolute atomic E-state index is 0.0887. The Morgan fingerprint density at radius 1 is 1.09 bits per heavy atom. The van der Waals surface area contributed by atoms with E-state index in [1.807, 2.05) is 6.07 Å². The fourth-order valence-electron chi connectivity index (χ4n) is 2.85. The Morgan fingerprint density at radius 3 is 2.70 bits per heavy atom. The Morgan fingerprint density at radius 2 is 1.87 bits per heavy atom. The third kappa shape index (κ3) is 4.31. The number of benzene rings is 2. The summed E-state index contributed by atoms with van der Waals surface area (Å²) in [4.78, 5) is 11.8. The molecule has 0 saturated carbocycles. The first-order valence-electron chi connectivity index (χ1n) is 7.96. The summed E-state index contributed by atoms with van der Waals surface area (Å²) in [6.07, 6.45) is 3.76. The lowest BCUT2D eigenvalue weighted by molar-refractivity contribution is -0.120. The first-order chi connectivity index (χ1) is 11.2. The normalized spacial score (nSPS) is 12.7. The predicted molar refractivity (Wildman–Crippen MR) is 87.1 cm³/mol. The number of carbonyl (C=O) groups excluding carboxylic acids is 1. The molecule has 0 aromatic heterocycles. The molecule has 23 heavy (non-hydrogen) atoms. The van der Waals surface area contributed by atoms with Gasteiger partial charge in [0, 0.05) is 0 Å². The van der Waals surface area contributed by atoms with Gasteiger partial charge < -0.3 is 10.1 Å². The topological polar surface area (TPSA) is 38.3 Å². The van der Waals surface area contributed by atoms with Crippen LogP contribution in [0, 0.1) is 5.82 Å². The van der Waals surface area contributed by atoms with E-state index in [2.05, 4.69) is 17.4 Å². The fraction of sp³-hybridized carbons (Fsp3) is 0.316. The van der Waals surface area contributed by atoms with Crippen molar-refractivity contribution in [3.63, 3.8) is 0 Å². The second-order valence-electron chi connectivity index (χ2n) is 5.79. The molecule has 3 nitrogen and oxygen atoms in total. The summed E-state index contributed by atoms with van der Waals surface area (Å²) < 4.78 is 18.5. The van der Waals surface area contributed by atoms with E-state index < -0.39 is 0 Å². The van der Waals surface area contributed by atoms with E-state index in [0.29, 0.717) is 13.2 Å². The highest BCUT2D eigenvalue weighted by Gasteiger charge is 2.11. The van der Waals surface area contributed by atoms with Crippen molar-refractivity contribution < 1.29 is 13.9 Å². The van der Waals surface area contributed by atoms with Crippen LogP contribution in [0.3, 0.4) is 0 Å². The van der Waals surface area contributed by atoms with Gasteiger partial charge in [0.15, 0.2) is 0 Å². The van der Waals surface area contributed by atoms with Gasteiger partial charge in [-0.3, -0.25) is 4.79 Å². The third-order valence-corrected chi connectivity index (χ3v) is 4.04. The zero-order valence-electron chi connectivity index (χ0n) is 13.0. The molecule has 0 unspecified atom stereocenters. The number of hydrogen-bond donors (Lipinski definition) is 1. The van der Waals surface area contributed by atoms with E-state index in [-0.39, 0.29) is 18.1 Å². The molecule has 2 aromatic carbocycles. The second-order valence-corrected chi connectivity index (χ2v) is 5.79. The predicted octanol–water partition coefficient (Wildman–Crippen LogP) is 3.05. The van der Waals surface area contributed by atoms with Crippen LogP contribution in [-0.4, -0.2) is 19.1 Å². The number of aryl methyl sites for hydroxylation is 2. The van der Waals surface area contributed by atoms with Gasteiger partial charge in [0.2, 0.25) is 5.91 Å². The standard InChI is InChI=1S/C19H20FNO2/c20-17-7-4-14(5-8-17)12-19(22)21-10-11-23-18-9-6-15-2-1-3-16(15)13-18/h4-9,13H,1-3,10-12H2,(H,21,22). The number of amides is 1. The highest BCUT2D eigenvalue weighted by molar-refractivity contribution is 5.78. The van der Waals surface area contributed by atoms with Crippen LogP contribution < -0.4 is 10.1 Å². The maximum Gasteiger partial charge on any atom is 0.224 e. The summed E-state index contributed by atoms with van der Waals surface area (Å²) >= 11 is 0. The Hall–Kier alpha value is -2.36. The van der Waals surface area contributed by atoms with E-state index in [1.165, 1.54) is 29.7 Å². The molecule has 0 atom stereocenters. The first-order valence-corrected chi connectivity index (χ1v) is 7.96. The molecule has 0 radical (unpaired) electrons. The zero-order valence-corrected chi connectivity index (χ0v) is 13.0. The van der Waals surface area contributed by atoms with Crippen molar-refractivity contribution in [3.05, 3.63) is 65.0 Å². The lowest BCUT2D eigenvalue weighted by atomic mass is 10.1. The minimum Gasteiger partial charge on any atom is -0.492 e. The quantitative estimate of drug-likeness (QED) is 0.833. The molecular weight excluding hydrogens is 293 g/mol. The van der Waals surface area contributed by atoms with Crippen LogP contribution in [0.25, 0.3) is 0 Å². The van der Waals surface area contributed by atoms with Crippen LogP contribution >= 0.6 is 0 Å². The number of nitrogens with one attached hydrogen (secondary N) is 1. The molecule has 2 aromatic rings. The molecule has 0 aliphatic heterocycles. The van der Waals surface area contributed by atoms with Crippen molar-refractivity contribution >= 4 is 5.91 Å². The highest BCUT2D eigenvalue weighted by atomic mass is 19.1. The van der Waals surface area contributed by atoms with E-state index in [1.54, 1.807) is 12.1 Å². The van der Waals surface area contributed by atoms with Crippen LogP contribution in [-0.2, 0) is 24.1 Å². The molecule has 0 bridgehead atoms. The summed E-state index contributed by atoms with van der Waals surface area (Å²) in [5.41, 5.74) is 3.59. The van der Waals surface area contributed by atoms with Gasteiger partial charge in [-0.05, 0) is 60.2 Å². The lowest BCUT2D eigenvalue weighted by Gasteiger charge is -2.09. The maximum absolute atomic E-state index is 12.8. The SMILES string of the molecule is O=C(Cc1ccc(F)cc1)NCCOc1ccc2c(c1)CCC2. The van der Waals surface area contributed by atoms with Gasteiger partial charge in [0.1, 0.15) is 18.2 Å². The summed E-state index contributed by atoms with van der Waals surface area (Å²) in [5.74, 6) is 0.476. The van der Waals surface area contributed by atoms with Crippen LogP contribution in [0.1, 0.15) is 23.1 Å². The van der Waals surface area contributed by atoms with E-state index in [9.17, 15) is 9.18 Å². The third-order valence-electron chi connectivity index (χ3n) is 4.04. The number of carbonyl (C=O) groups is 1. The summed E-state index contributed by atoms with van der Waals surface area (Å²) in [5, 5.41) is 2.81. The highest BCUT2D eigenvalue weighted by Crippen LogP contribution is 2.25. The van der Waals surface area contributed by atoms with Gasteiger partial charge in [-0.2, -0.15) is 0 Å². The number of halogens is 1. The molecule has 120 valence electrons. The van der Waals surface area contributed by atoms with Gasteiger partial charge in [0.05, 0.1) is 13.0 Å². The molecule has 0 spiro atoms. The fourth-order valence-corrected chi connectivity index (χ4v) is 2.85. The molecule has 1 N–H and O–H groups in total. The average molecular weight is 313 g/mol. The number of hydrogen-bond acceptors (Lipinski definition) is 2. The Balaban J connectivity index is 1.39. The Bertz CT molecular complexity index is 682. The Kier molecular flexibility index (Phi) is 4.91. The number of rotatable bonds is 6. The van der Waals surface area contributed by atoms with Crippen LogP contribution in [0.5, 0.6) is 5.75 Å². The van der Waals surface area contributed by atoms with E-state index in [0.717, 1.165) is 24.2 Å². The smallest absolute Gasteiger partial charge is 0.224 e. The van der Waals surface area contributed by atoms with Crippen LogP contribution in [0.15, 0.2) is 42.5 Å². The van der Waals surface area contributed by atoms with Crippen molar-refractivity contribution in [3.8, 4) is 5.75 Å². The number of fused-ring (bicyclic) bond motifs is 1. The molecule has 4 heteroatoms. The first kappa shape index (κ1) is 15.5. The summed E-state index contributed by atoms with van der Waals surface area (Å²) in [6, 6.07) is 12.2. The van der Waals surface area contributed by atoms with Crippen molar-refractivity contribution in [2.24, 2.45) is 0 Å². The van der Waals surface area contributed by atoms with E-state index in [4.69, 9.17) is 4.74 Å². The number of ether oxygens (including phenoxy) is 1. The van der Waals surface area contributed by atoms with Gasteiger partial charge in [0.25, 0.3) is 0 Å². The largest absolute Gasteiger partial charge is 0.492 e. The second kappa shape index (κ2) is 7.27. The minimum atomic E-state index is -0.295. The molecule has 0 fully saturated rings. The van der Waals surface area contributed by atoms with Crippen molar-refractivity contribution in [2.75, 3.05) is 13.2 Å². The van der Waals surface area contributed by atoms with Crippen molar-refractivity contribution in [1.29, 1.82) is 0 Å². The van der Waals surface area contributed by atoms with Gasteiger partial charge in [-0.25, -0.2) is 4.39 Å². The molecule has 1 aliphatic carbocycles. The summed E-state index contributed by atoms with van der Waals surface area (Å²) in [6.45, 7) is 0.894.